The third-order valence-electron chi connectivity index (χ3n) is 3.67. The molecule has 6 nitrogen and oxygen atoms in total. The Bertz CT molecular complexity index is 368. The maximum atomic E-state index is 12.1. The fourth-order valence-electron chi connectivity index (χ4n) is 2.21. The molecule has 108 valence electrons. The molecule has 1 amide bonds. The van der Waals surface area contributed by atoms with Crippen molar-refractivity contribution in [1.29, 1.82) is 0 Å². The Labute approximate surface area is 112 Å². The lowest BCUT2D eigenvalue weighted by Crippen LogP contribution is -2.53. The molecular formula is C13H21NO5. The number of hydrogen-bond acceptors (Lipinski definition) is 4. The van der Waals surface area contributed by atoms with Crippen LogP contribution in [0.1, 0.15) is 39.5 Å². The smallest absolute Gasteiger partial charge is 0.407 e. The van der Waals surface area contributed by atoms with Gasteiger partial charge in [-0.3, -0.25) is 9.59 Å². The number of ketones is 1. The van der Waals surface area contributed by atoms with Gasteiger partial charge in [-0.15, -0.1) is 0 Å². The van der Waals surface area contributed by atoms with Crippen LogP contribution in [0.2, 0.25) is 0 Å². The summed E-state index contributed by atoms with van der Waals surface area (Å²) >= 11 is 0. The summed E-state index contributed by atoms with van der Waals surface area (Å²) in [7, 11) is 0. The summed E-state index contributed by atoms with van der Waals surface area (Å²) in [4.78, 5) is 36.1. The zero-order chi connectivity index (χ0) is 14.5. The highest BCUT2D eigenvalue weighted by Crippen LogP contribution is 2.33. The van der Waals surface area contributed by atoms with Crippen molar-refractivity contribution in [2.45, 2.75) is 39.5 Å². The first-order valence-electron chi connectivity index (χ1n) is 6.66. The van der Waals surface area contributed by atoms with Gasteiger partial charge in [0.05, 0.1) is 13.2 Å². The molecule has 1 atom stereocenters. The summed E-state index contributed by atoms with van der Waals surface area (Å²) in [6.45, 7) is 4.02. The summed E-state index contributed by atoms with van der Waals surface area (Å²) in [6, 6.07) is 0. The second-order valence-corrected chi connectivity index (χ2v) is 4.80. The molecule has 1 saturated heterocycles. The summed E-state index contributed by atoms with van der Waals surface area (Å²) in [5, 5.41) is 8.87. The van der Waals surface area contributed by atoms with Crippen molar-refractivity contribution in [3.63, 3.8) is 0 Å². The van der Waals surface area contributed by atoms with Crippen molar-refractivity contribution in [3.05, 3.63) is 0 Å². The molecule has 0 aromatic carbocycles. The lowest BCUT2D eigenvalue weighted by molar-refractivity contribution is -0.164. The van der Waals surface area contributed by atoms with E-state index in [-0.39, 0.29) is 25.3 Å². The number of carbonyl (C=O) groups is 3. The molecule has 0 aromatic rings. The number of ether oxygens (including phenoxy) is 1. The van der Waals surface area contributed by atoms with E-state index >= 15 is 0 Å². The Hall–Kier alpha value is -1.59. The number of nitrogens with zero attached hydrogens (tertiary/aromatic N) is 1. The SMILES string of the molecule is CCCCOC(=O)C1(CC)CCN(C(=O)O)CC1=O. The van der Waals surface area contributed by atoms with Gasteiger partial charge in [-0.2, -0.15) is 0 Å². The van der Waals surface area contributed by atoms with Gasteiger partial charge in [-0.05, 0) is 19.3 Å². The van der Waals surface area contributed by atoms with Crippen LogP contribution < -0.4 is 0 Å². The second-order valence-electron chi connectivity index (χ2n) is 4.80. The molecule has 0 radical (unpaired) electrons. The molecular weight excluding hydrogens is 250 g/mol. The zero-order valence-corrected chi connectivity index (χ0v) is 11.5. The van der Waals surface area contributed by atoms with E-state index in [0.717, 1.165) is 17.7 Å². The molecule has 1 aliphatic rings. The van der Waals surface area contributed by atoms with Crippen LogP contribution >= 0.6 is 0 Å². The summed E-state index contributed by atoms with van der Waals surface area (Å²) in [5.41, 5.74) is -1.15. The fraction of sp³-hybridized carbons (Fsp3) is 0.769. The van der Waals surface area contributed by atoms with Gasteiger partial charge in [0.2, 0.25) is 0 Å². The normalized spacial score (nSPS) is 23.3. The van der Waals surface area contributed by atoms with Crippen molar-refractivity contribution < 1.29 is 24.2 Å². The van der Waals surface area contributed by atoms with Gasteiger partial charge in [0, 0.05) is 6.54 Å². The maximum Gasteiger partial charge on any atom is 0.407 e. The van der Waals surface area contributed by atoms with Crippen LogP contribution in [-0.4, -0.2) is 47.5 Å². The van der Waals surface area contributed by atoms with Gasteiger partial charge in [0.15, 0.2) is 5.78 Å². The largest absolute Gasteiger partial charge is 0.465 e. The molecule has 0 saturated carbocycles. The molecule has 1 heterocycles. The first-order valence-corrected chi connectivity index (χ1v) is 6.66. The maximum absolute atomic E-state index is 12.1. The number of hydrogen-bond donors (Lipinski definition) is 1. The van der Waals surface area contributed by atoms with Crippen LogP contribution in [0.3, 0.4) is 0 Å². The number of rotatable bonds is 5. The van der Waals surface area contributed by atoms with Crippen LogP contribution in [0.25, 0.3) is 0 Å². The fourth-order valence-corrected chi connectivity index (χ4v) is 2.21. The first-order chi connectivity index (χ1) is 8.97. The van der Waals surface area contributed by atoms with Gasteiger partial charge in [-0.25, -0.2) is 4.79 Å². The molecule has 1 aliphatic heterocycles. The predicted octanol–water partition coefficient (Wildman–Crippen LogP) is 1.68. The van der Waals surface area contributed by atoms with Crippen molar-refractivity contribution in [3.8, 4) is 0 Å². The summed E-state index contributed by atoms with van der Waals surface area (Å²) in [5.74, 6) is -0.858. The standard InChI is InChI=1S/C13H21NO5/c1-3-5-8-19-11(16)13(4-2)6-7-14(12(17)18)9-10(13)15/h3-9H2,1-2H3,(H,17,18). The Morgan fingerprint density at radius 1 is 1.42 bits per heavy atom. The zero-order valence-electron chi connectivity index (χ0n) is 11.5. The van der Waals surface area contributed by atoms with Crippen molar-refractivity contribution in [2.24, 2.45) is 5.41 Å². The van der Waals surface area contributed by atoms with Gasteiger partial charge in [0.25, 0.3) is 0 Å². The van der Waals surface area contributed by atoms with Crippen LogP contribution in [0.4, 0.5) is 4.79 Å². The molecule has 19 heavy (non-hydrogen) atoms. The number of unbranched alkanes of at least 4 members (excludes halogenated alkanes) is 1. The van der Waals surface area contributed by atoms with Crippen LogP contribution in [0, 0.1) is 5.41 Å². The van der Waals surface area contributed by atoms with Gasteiger partial charge in [0.1, 0.15) is 5.41 Å². The summed E-state index contributed by atoms with van der Waals surface area (Å²) < 4.78 is 5.16. The van der Waals surface area contributed by atoms with E-state index < -0.39 is 17.5 Å². The lowest BCUT2D eigenvalue weighted by atomic mass is 9.75. The average molecular weight is 271 g/mol. The molecule has 1 unspecified atom stereocenters. The Morgan fingerprint density at radius 2 is 2.11 bits per heavy atom. The van der Waals surface area contributed by atoms with Gasteiger partial charge in [-0.1, -0.05) is 20.3 Å². The van der Waals surface area contributed by atoms with Crippen LogP contribution in [0.15, 0.2) is 0 Å². The van der Waals surface area contributed by atoms with E-state index in [9.17, 15) is 14.4 Å². The molecule has 0 bridgehead atoms. The number of amides is 1. The average Bonchev–Trinajstić information content (AvgIpc) is 2.38. The Kier molecular flexibility index (Phi) is 5.32. The molecule has 1 rings (SSSR count). The quantitative estimate of drug-likeness (QED) is 0.467. The van der Waals surface area contributed by atoms with Crippen molar-refractivity contribution in [2.75, 3.05) is 19.7 Å². The van der Waals surface area contributed by atoms with E-state index in [2.05, 4.69) is 0 Å². The minimum Gasteiger partial charge on any atom is -0.465 e. The number of piperidine rings is 1. The number of carbonyl (C=O) groups excluding carboxylic acids is 2. The van der Waals surface area contributed by atoms with E-state index in [1.54, 1.807) is 6.92 Å². The van der Waals surface area contributed by atoms with E-state index in [1.807, 2.05) is 6.92 Å². The molecule has 6 heteroatoms. The van der Waals surface area contributed by atoms with Crippen LogP contribution in [-0.2, 0) is 14.3 Å². The van der Waals surface area contributed by atoms with Crippen molar-refractivity contribution >= 4 is 17.8 Å². The van der Waals surface area contributed by atoms with Gasteiger partial charge >= 0.3 is 12.1 Å². The highest BCUT2D eigenvalue weighted by Gasteiger charge is 2.49. The number of carboxylic acid groups (broad SMARTS) is 1. The van der Waals surface area contributed by atoms with Gasteiger partial charge < -0.3 is 14.7 Å². The molecule has 1 fully saturated rings. The third-order valence-corrected chi connectivity index (χ3v) is 3.67. The number of likely N-dealkylation sites (tertiary alicyclic amines) is 1. The highest BCUT2D eigenvalue weighted by atomic mass is 16.5. The Morgan fingerprint density at radius 3 is 2.58 bits per heavy atom. The van der Waals surface area contributed by atoms with Crippen LogP contribution in [0.5, 0.6) is 0 Å². The molecule has 1 N–H and O–H groups in total. The third kappa shape index (κ3) is 3.24. The lowest BCUT2D eigenvalue weighted by Gasteiger charge is -2.36. The first kappa shape index (κ1) is 15.5. The minimum absolute atomic E-state index is 0.192. The summed E-state index contributed by atoms with van der Waals surface area (Å²) in [6.07, 6.45) is 1.11. The number of Topliss-reactive ketones (excluding diaryl/α,β-unsaturated/α-hetero) is 1. The van der Waals surface area contributed by atoms with E-state index in [4.69, 9.17) is 9.84 Å². The van der Waals surface area contributed by atoms with E-state index in [1.165, 1.54) is 0 Å². The molecule has 0 aromatic heterocycles. The number of esters is 1. The minimum atomic E-state index is -1.15. The van der Waals surface area contributed by atoms with Crippen molar-refractivity contribution in [1.82, 2.24) is 4.90 Å². The monoisotopic (exact) mass is 271 g/mol. The second kappa shape index (κ2) is 6.54. The van der Waals surface area contributed by atoms with E-state index in [0.29, 0.717) is 13.0 Å². The topological polar surface area (TPSA) is 83.9 Å². The molecule has 0 spiro atoms. The predicted molar refractivity (Wildman–Crippen MR) is 67.8 cm³/mol. The highest BCUT2D eigenvalue weighted by molar-refractivity contribution is 6.06. The molecule has 0 aliphatic carbocycles. The Balaban J connectivity index is 2.73.